The van der Waals surface area contributed by atoms with Crippen molar-refractivity contribution in [2.75, 3.05) is 13.0 Å². The van der Waals surface area contributed by atoms with Crippen LogP contribution in [0.2, 0.25) is 0 Å². The van der Waals surface area contributed by atoms with E-state index in [2.05, 4.69) is 0 Å². The van der Waals surface area contributed by atoms with Crippen molar-refractivity contribution in [3.05, 3.63) is 24.3 Å². The molecule has 11 heavy (non-hydrogen) atoms. The summed E-state index contributed by atoms with van der Waals surface area (Å²) in [5.74, 6) is 0.912. The average Bonchev–Trinajstić information content (AvgIpc) is 2.01. The van der Waals surface area contributed by atoms with Gasteiger partial charge in [-0.2, -0.15) is 0 Å². The molecule has 0 aliphatic carbocycles. The summed E-state index contributed by atoms with van der Waals surface area (Å²) in [5, 5.41) is 9.06. The quantitative estimate of drug-likeness (QED) is 0.556. The summed E-state index contributed by atoms with van der Waals surface area (Å²) in [5.41, 5.74) is 0. The highest BCUT2D eigenvalue weighted by molar-refractivity contribution is 7.99. The van der Waals surface area contributed by atoms with Crippen LogP contribution in [0.4, 0.5) is 0 Å². The number of hydrogen-bond donors (Lipinski definition) is 1. The van der Waals surface area contributed by atoms with Crippen molar-refractivity contribution >= 4 is 11.8 Å². The molecule has 0 heterocycles. The van der Waals surface area contributed by atoms with Crippen molar-refractivity contribution in [3.8, 4) is 5.75 Å². The Bertz CT molecular complexity index is 225. The highest BCUT2D eigenvalue weighted by Gasteiger charge is 1.93. The second kappa shape index (κ2) is 4.26. The Morgan fingerprint density at radius 2 is 2.36 bits per heavy atom. The first-order chi connectivity index (χ1) is 5.33. The van der Waals surface area contributed by atoms with E-state index in [1.54, 1.807) is 31.0 Å². The molecular weight excluding hydrogens is 160 g/mol. The van der Waals surface area contributed by atoms with Crippen LogP contribution < -0.4 is 0 Å². The standard InChI is InChI=1S/C8H10O2S/c1-10-6-11-8-4-2-3-7(9)5-8/h2-5,9H,6H2,1H3. The molecule has 0 radical (unpaired) electrons. The van der Waals surface area contributed by atoms with Crippen LogP contribution >= 0.6 is 11.8 Å². The van der Waals surface area contributed by atoms with E-state index >= 15 is 0 Å². The van der Waals surface area contributed by atoms with Crippen LogP contribution in [-0.2, 0) is 4.74 Å². The predicted molar refractivity (Wildman–Crippen MR) is 45.8 cm³/mol. The van der Waals surface area contributed by atoms with Gasteiger partial charge in [0.05, 0.1) is 5.94 Å². The first-order valence-electron chi connectivity index (χ1n) is 3.23. The lowest BCUT2D eigenvalue weighted by Crippen LogP contribution is -1.80. The summed E-state index contributed by atoms with van der Waals surface area (Å²) in [6, 6.07) is 7.11. The minimum Gasteiger partial charge on any atom is -0.508 e. The van der Waals surface area contributed by atoms with Gasteiger partial charge in [0.1, 0.15) is 5.75 Å². The van der Waals surface area contributed by atoms with Gasteiger partial charge in [0, 0.05) is 12.0 Å². The van der Waals surface area contributed by atoms with E-state index in [1.165, 1.54) is 0 Å². The van der Waals surface area contributed by atoms with E-state index in [4.69, 9.17) is 9.84 Å². The Labute approximate surface area is 70.2 Å². The van der Waals surface area contributed by atoms with Gasteiger partial charge in [-0.25, -0.2) is 0 Å². The number of hydrogen-bond acceptors (Lipinski definition) is 3. The van der Waals surface area contributed by atoms with E-state index in [0.717, 1.165) is 4.90 Å². The maximum Gasteiger partial charge on any atom is 0.116 e. The summed E-state index contributed by atoms with van der Waals surface area (Å²) >= 11 is 1.55. The number of ether oxygens (including phenoxy) is 1. The SMILES string of the molecule is COCSc1cccc(O)c1. The zero-order chi connectivity index (χ0) is 8.10. The number of phenolic OH excluding ortho intramolecular Hbond substituents is 1. The molecule has 1 aromatic rings. The van der Waals surface area contributed by atoms with Crippen LogP contribution in [-0.4, -0.2) is 18.2 Å². The minimum absolute atomic E-state index is 0.297. The second-order valence-corrected chi connectivity index (χ2v) is 3.04. The number of aromatic hydroxyl groups is 1. The molecule has 1 rings (SSSR count). The molecule has 0 saturated heterocycles. The molecule has 0 amide bonds. The summed E-state index contributed by atoms with van der Waals surface area (Å²) in [6.07, 6.45) is 0. The van der Waals surface area contributed by atoms with E-state index in [1.807, 2.05) is 12.1 Å². The van der Waals surface area contributed by atoms with Gasteiger partial charge in [-0.1, -0.05) is 17.8 Å². The minimum atomic E-state index is 0.297. The summed E-state index contributed by atoms with van der Waals surface area (Å²) < 4.78 is 4.87. The monoisotopic (exact) mass is 170 g/mol. The molecule has 0 fully saturated rings. The maximum atomic E-state index is 9.06. The molecule has 0 unspecified atom stereocenters. The lowest BCUT2D eigenvalue weighted by Gasteiger charge is -1.99. The summed E-state index contributed by atoms with van der Waals surface area (Å²) in [6.45, 7) is 0. The molecule has 0 aliphatic heterocycles. The molecule has 2 nitrogen and oxygen atoms in total. The largest absolute Gasteiger partial charge is 0.508 e. The number of rotatable bonds is 3. The van der Waals surface area contributed by atoms with Crippen molar-refractivity contribution in [3.63, 3.8) is 0 Å². The summed E-state index contributed by atoms with van der Waals surface area (Å²) in [4.78, 5) is 1.02. The molecule has 60 valence electrons. The third kappa shape index (κ3) is 2.82. The molecule has 0 aliphatic rings. The first-order valence-corrected chi connectivity index (χ1v) is 4.22. The fourth-order valence-corrected chi connectivity index (χ4v) is 1.33. The molecule has 0 atom stereocenters. The smallest absolute Gasteiger partial charge is 0.116 e. The zero-order valence-electron chi connectivity index (χ0n) is 6.28. The van der Waals surface area contributed by atoms with Gasteiger partial charge >= 0.3 is 0 Å². The highest BCUT2D eigenvalue weighted by atomic mass is 32.2. The van der Waals surface area contributed by atoms with E-state index < -0.39 is 0 Å². The predicted octanol–water partition coefficient (Wildman–Crippen LogP) is 2.09. The van der Waals surface area contributed by atoms with Gasteiger partial charge in [0.15, 0.2) is 0 Å². The molecule has 0 aromatic heterocycles. The molecule has 0 spiro atoms. The van der Waals surface area contributed by atoms with Gasteiger partial charge in [0.25, 0.3) is 0 Å². The fraction of sp³-hybridized carbons (Fsp3) is 0.250. The van der Waals surface area contributed by atoms with E-state index in [0.29, 0.717) is 11.7 Å². The normalized spacial score (nSPS) is 9.91. The Morgan fingerprint density at radius 1 is 1.55 bits per heavy atom. The van der Waals surface area contributed by atoms with Crippen LogP contribution in [0.1, 0.15) is 0 Å². The molecule has 3 heteroatoms. The number of thioether (sulfide) groups is 1. The topological polar surface area (TPSA) is 29.5 Å². The zero-order valence-corrected chi connectivity index (χ0v) is 7.10. The van der Waals surface area contributed by atoms with Crippen LogP contribution in [0.5, 0.6) is 5.75 Å². The van der Waals surface area contributed by atoms with Crippen molar-refractivity contribution in [2.24, 2.45) is 0 Å². The number of benzene rings is 1. The second-order valence-electron chi connectivity index (χ2n) is 2.05. The number of phenols is 1. The Balaban J connectivity index is 2.56. The van der Waals surface area contributed by atoms with Crippen LogP contribution in [0.3, 0.4) is 0 Å². The average molecular weight is 170 g/mol. The number of methoxy groups -OCH3 is 1. The molecule has 0 saturated carbocycles. The molecule has 0 bridgehead atoms. The van der Waals surface area contributed by atoms with Crippen molar-refractivity contribution in [2.45, 2.75) is 4.90 Å². The van der Waals surface area contributed by atoms with Crippen LogP contribution in [0, 0.1) is 0 Å². The third-order valence-corrected chi connectivity index (χ3v) is 2.10. The Hall–Kier alpha value is -0.670. The lowest BCUT2D eigenvalue weighted by molar-refractivity contribution is 0.259. The Kier molecular flexibility index (Phi) is 3.26. The Morgan fingerprint density at radius 3 is 3.00 bits per heavy atom. The summed E-state index contributed by atoms with van der Waals surface area (Å²) in [7, 11) is 1.65. The highest BCUT2D eigenvalue weighted by Crippen LogP contribution is 2.21. The van der Waals surface area contributed by atoms with E-state index in [-0.39, 0.29) is 0 Å². The molecule has 1 N–H and O–H groups in total. The van der Waals surface area contributed by atoms with Gasteiger partial charge in [-0.3, -0.25) is 0 Å². The van der Waals surface area contributed by atoms with Crippen LogP contribution in [0.25, 0.3) is 0 Å². The van der Waals surface area contributed by atoms with Crippen molar-refractivity contribution in [1.82, 2.24) is 0 Å². The van der Waals surface area contributed by atoms with Gasteiger partial charge in [-0.05, 0) is 18.2 Å². The van der Waals surface area contributed by atoms with Gasteiger partial charge < -0.3 is 9.84 Å². The van der Waals surface area contributed by atoms with Crippen LogP contribution in [0.15, 0.2) is 29.2 Å². The van der Waals surface area contributed by atoms with Crippen molar-refractivity contribution in [1.29, 1.82) is 0 Å². The third-order valence-electron chi connectivity index (χ3n) is 1.16. The van der Waals surface area contributed by atoms with Gasteiger partial charge in [-0.15, -0.1) is 0 Å². The van der Waals surface area contributed by atoms with Gasteiger partial charge in [0.2, 0.25) is 0 Å². The first kappa shape index (κ1) is 8.43. The molecule has 1 aromatic carbocycles. The van der Waals surface area contributed by atoms with Crippen molar-refractivity contribution < 1.29 is 9.84 Å². The van der Waals surface area contributed by atoms with E-state index in [9.17, 15) is 0 Å². The fourth-order valence-electron chi connectivity index (χ4n) is 0.700. The maximum absolute atomic E-state index is 9.06. The lowest BCUT2D eigenvalue weighted by atomic mass is 10.3. The molecular formula is C8H10O2S.